The Morgan fingerprint density at radius 2 is 2.00 bits per heavy atom. The first-order valence-electron chi connectivity index (χ1n) is 6.05. The van der Waals surface area contributed by atoms with E-state index in [1.807, 2.05) is 49.4 Å². The molecule has 0 aromatic carbocycles. The number of carbonyl (C=O) groups is 1. The van der Waals surface area contributed by atoms with Crippen molar-refractivity contribution in [3.05, 3.63) is 28.6 Å². The third-order valence-corrected chi connectivity index (χ3v) is 3.44. The van der Waals surface area contributed by atoms with E-state index in [0.717, 1.165) is 0 Å². The topological polar surface area (TPSA) is 61.4 Å². The van der Waals surface area contributed by atoms with E-state index in [2.05, 4.69) is 15.3 Å². The molecule has 0 aliphatic carbocycles. The molecule has 20 heavy (non-hydrogen) atoms. The van der Waals surface area contributed by atoms with E-state index in [-0.39, 0.29) is 5.91 Å². The van der Waals surface area contributed by atoms with Crippen LogP contribution in [0.25, 0.3) is 0 Å². The van der Waals surface area contributed by atoms with Crippen molar-refractivity contribution >= 4 is 34.7 Å². The van der Waals surface area contributed by atoms with Crippen molar-refractivity contribution in [1.82, 2.24) is 9.97 Å². The molecule has 0 aliphatic heterocycles. The van der Waals surface area contributed by atoms with Crippen LogP contribution in [0.2, 0.25) is 0 Å². The number of carbonyl (C=O) groups excluding carboxylic acids is 1. The second kappa shape index (κ2) is 5.87. The molecular formula is C13H17N5OS. The third kappa shape index (κ3) is 3.05. The second-order valence-electron chi connectivity index (χ2n) is 4.63. The Balaban J connectivity index is 2.29. The van der Waals surface area contributed by atoms with Crippen molar-refractivity contribution in [2.75, 3.05) is 43.3 Å². The molecule has 0 saturated heterocycles. The summed E-state index contributed by atoms with van der Waals surface area (Å²) < 4.78 is 0. The summed E-state index contributed by atoms with van der Waals surface area (Å²) in [6.45, 7) is 0. The quantitative estimate of drug-likeness (QED) is 0.932. The van der Waals surface area contributed by atoms with Crippen LogP contribution in [0.4, 0.5) is 17.5 Å². The highest BCUT2D eigenvalue weighted by Gasteiger charge is 2.14. The Hall–Kier alpha value is -2.15. The first-order valence-corrected chi connectivity index (χ1v) is 6.93. The fraction of sp³-hybridized carbons (Fsp3) is 0.308. The van der Waals surface area contributed by atoms with Crippen molar-refractivity contribution in [3.63, 3.8) is 0 Å². The SMILES string of the molecule is CN(C)c1ncc(NC(=O)c2cccs2)c(N(C)C)n1. The van der Waals surface area contributed by atoms with E-state index in [1.54, 1.807) is 12.3 Å². The molecule has 0 bridgehead atoms. The standard InChI is InChI=1S/C13H17N5OS/c1-17(2)11-9(8-14-13(16-11)18(3)4)15-12(19)10-6-5-7-20-10/h5-8H,1-4H3,(H,15,19). The highest BCUT2D eigenvalue weighted by atomic mass is 32.1. The van der Waals surface area contributed by atoms with Gasteiger partial charge in [-0.3, -0.25) is 4.79 Å². The van der Waals surface area contributed by atoms with Gasteiger partial charge in [-0.05, 0) is 11.4 Å². The van der Waals surface area contributed by atoms with Crippen LogP contribution in [0.1, 0.15) is 9.67 Å². The molecule has 1 N–H and O–H groups in total. The van der Waals surface area contributed by atoms with Gasteiger partial charge in [-0.2, -0.15) is 4.98 Å². The van der Waals surface area contributed by atoms with Crippen LogP contribution in [-0.4, -0.2) is 44.1 Å². The monoisotopic (exact) mass is 291 g/mol. The molecule has 0 atom stereocenters. The highest BCUT2D eigenvalue weighted by molar-refractivity contribution is 7.12. The summed E-state index contributed by atoms with van der Waals surface area (Å²) in [5.41, 5.74) is 0.596. The van der Waals surface area contributed by atoms with Crippen LogP contribution in [0, 0.1) is 0 Å². The van der Waals surface area contributed by atoms with Crippen LogP contribution in [0.15, 0.2) is 23.7 Å². The molecule has 106 valence electrons. The van der Waals surface area contributed by atoms with Gasteiger partial charge in [-0.15, -0.1) is 11.3 Å². The molecule has 1 amide bonds. The maximum absolute atomic E-state index is 12.1. The van der Waals surface area contributed by atoms with Crippen molar-refractivity contribution in [3.8, 4) is 0 Å². The lowest BCUT2D eigenvalue weighted by molar-refractivity contribution is 0.103. The first kappa shape index (κ1) is 14.3. The number of nitrogens with one attached hydrogen (secondary N) is 1. The van der Waals surface area contributed by atoms with E-state index < -0.39 is 0 Å². The van der Waals surface area contributed by atoms with Crippen molar-refractivity contribution in [2.45, 2.75) is 0 Å². The van der Waals surface area contributed by atoms with Crippen LogP contribution in [-0.2, 0) is 0 Å². The lowest BCUT2D eigenvalue weighted by Crippen LogP contribution is -2.20. The van der Waals surface area contributed by atoms with E-state index >= 15 is 0 Å². The summed E-state index contributed by atoms with van der Waals surface area (Å²) in [5, 5.41) is 4.72. The Kier molecular flexibility index (Phi) is 4.19. The zero-order chi connectivity index (χ0) is 14.7. The van der Waals surface area contributed by atoms with Gasteiger partial charge in [-0.1, -0.05) is 6.07 Å². The molecule has 0 radical (unpaired) electrons. The van der Waals surface area contributed by atoms with Gasteiger partial charge < -0.3 is 15.1 Å². The van der Waals surface area contributed by atoms with Gasteiger partial charge in [0.25, 0.3) is 5.91 Å². The van der Waals surface area contributed by atoms with E-state index in [9.17, 15) is 4.79 Å². The Morgan fingerprint density at radius 3 is 2.55 bits per heavy atom. The second-order valence-corrected chi connectivity index (χ2v) is 5.58. The number of nitrogens with zero attached hydrogens (tertiary/aromatic N) is 4. The average Bonchev–Trinajstić information content (AvgIpc) is 2.92. The molecule has 0 fully saturated rings. The predicted molar refractivity (Wildman–Crippen MR) is 83.0 cm³/mol. The molecule has 0 saturated carbocycles. The van der Waals surface area contributed by atoms with Gasteiger partial charge >= 0.3 is 0 Å². The third-order valence-electron chi connectivity index (χ3n) is 2.57. The van der Waals surface area contributed by atoms with Crippen LogP contribution in [0.5, 0.6) is 0 Å². The molecule has 2 aromatic rings. The normalized spacial score (nSPS) is 10.2. The summed E-state index contributed by atoms with van der Waals surface area (Å²) in [6.07, 6.45) is 1.63. The first-order chi connectivity index (χ1) is 9.49. The molecule has 7 heteroatoms. The van der Waals surface area contributed by atoms with Crippen molar-refractivity contribution in [1.29, 1.82) is 0 Å². The highest BCUT2D eigenvalue weighted by Crippen LogP contribution is 2.24. The van der Waals surface area contributed by atoms with E-state index in [4.69, 9.17) is 0 Å². The van der Waals surface area contributed by atoms with Gasteiger partial charge in [0.05, 0.1) is 11.1 Å². The molecule has 0 unspecified atom stereocenters. The van der Waals surface area contributed by atoms with E-state index in [0.29, 0.717) is 22.3 Å². The minimum Gasteiger partial charge on any atom is -0.361 e. The molecular weight excluding hydrogens is 274 g/mol. The Bertz CT molecular complexity index is 595. The largest absolute Gasteiger partial charge is 0.361 e. The summed E-state index contributed by atoms with van der Waals surface area (Å²) in [6, 6.07) is 3.63. The number of thiophene rings is 1. The van der Waals surface area contributed by atoms with Crippen LogP contribution in [0.3, 0.4) is 0 Å². The van der Waals surface area contributed by atoms with Crippen molar-refractivity contribution in [2.24, 2.45) is 0 Å². The summed E-state index contributed by atoms with van der Waals surface area (Å²) >= 11 is 1.40. The molecule has 2 heterocycles. The minimum atomic E-state index is -0.149. The van der Waals surface area contributed by atoms with Gasteiger partial charge in [0.2, 0.25) is 5.95 Å². The van der Waals surface area contributed by atoms with Gasteiger partial charge in [0.15, 0.2) is 5.82 Å². The zero-order valence-electron chi connectivity index (χ0n) is 11.9. The summed E-state index contributed by atoms with van der Waals surface area (Å²) in [7, 11) is 7.50. The number of anilines is 3. The number of rotatable bonds is 4. The molecule has 2 rings (SSSR count). The van der Waals surface area contributed by atoms with Gasteiger partial charge in [-0.25, -0.2) is 4.98 Å². The van der Waals surface area contributed by atoms with E-state index in [1.165, 1.54) is 11.3 Å². The zero-order valence-corrected chi connectivity index (χ0v) is 12.7. The average molecular weight is 291 g/mol. The molecule has 0 aliphatic rings. The molecule has 6 nitrogen and oxygen atoms in total. The molecule has 2 aromatic heterocycles. The lowest BCUT2D eigenvalue weighted by atomic mass is 10.4. The molecule has 0 spiro atoms. The van der Waals surface area contributed by atoms with Gasteiger partial charge in [0.1, 0.15) is 5.69 Å². The summed E-state index contributed by atoms with van der Waals surface area (Å²) in [5.74, 6) is 1.13. The minimum absolute atomic E-state index is 0.149. The number of amides is 1. The number of aromatic nitrogens is 2. The van der Waals surface area contributed by atoms with Crippen LogP contribution < -0.4 is 15.1 Å². The Labute approximate surface area is 122 Å². The van der Waals surface area contributed by atoms with Gasteiger partial charge in [0, 0.05) is 28.2 Å². The van der Waals surface area contributed by atoms with Crippen LogP contribution >= 0.6 is 11.3 Å². The maximum Gasteiger partial charge on any atom is 0.265 e. The fourth-order valence-electron chi connectivity index (χ4n) is 1.60. The van der Waals surface area contributed by atoms with Crippen molar-refractivity contribution < 1.29 is 4.79 Å². The maximum atomic E-state index is 12.1. The Morgan fingerprint density at radius 1 is 1.25 bits per heavy atom. The lowest BCUT2D eigenvalue weighted by Gasteiger charge is -2.19. The number of hydrogen-bond donors (Lipinski definition) is 1. The fourth-order valence-corrected chi connectivity index (χ4v) is 2.22. The number of hydrogen-bond acceptors (Lipinski definition) is 6. The smallest absolute Gasteiger partial charge is 0.265 e. The summed E-state index contributed by atoms with van der Waals surface area (Å²) in [4.78, 5) is 25.1. The predicted octanol–water partition coefficient (Wildman–Crippen LogP) is 1.92.